The summed E-state index contributed by atoms with van der Waals surface area (Å²) in [5, 5.41) is 13.7. The number of carbonyl (C=O) groups is 1. The monoisotopic (exact) mass is 303 g/mol. The molecule has 1 aromatic carbocycles. The summed E-state index contributed by atoms with van der Waals surface area (Å²) in [5.41, 5.74) is 2.07. The molecule has 0 spiro atoms. The van der Waals surface area contributed by atoms with Crippen molar-refractivity contribution in [2.45, 2.75) is 20.0 Å². The fourth-order valence-electron chi connectivity index (χ4n) is 2.24. The zero-order valence-corrected chi connectivity index (χ0v) is 13.3. The quantitative estimate of drug-likeness (QED) is 0.912. The summed E-state index contributed by atoms with van der Waals surface area (Å²) in [4.78, 5) is 13.8. The van der Waals surface area contributed by atoms with E-state index in [0.29, 0.717) is 5.69 Å². The maximum Gasteiger partial charge on any atom is 0.274 e. The molecule has 0 fully saturated rings. The molecule has 1 N–H and O–H groups in total. The Kier molecular flexibility index (Phi) is 4.82. The Labute approximate surface area is 129 Å². The first-order valence-electron chi connectivity index (χ1n) is 7.07. The predicted molar refractivity (Wildman–Crippen MR) is 83.5 cm³/mol. The second kappa shape index (κ2) is 6.62. The first-order valence-corrected chi connectivity index (χ1v) is 7.07. The summed E-state index contributed by atoms with van der Waals surface area (Å²) in [6.07, 6.45) is -0.571. The molecule has 1 amide bonds. The van der Waals surface area contributed by atoms with Crippen molar-refractivity contribution in [1.29, 1.82) is 0 Å². The molecule has 118 valence electrons. The largest absolute Gasteiger partial charge is 0.497 e. The highest BCUT2D eigenvalue weighted by Gasteiger charge is 2.18. The molecule has 0 radical (unpaired) electrons. The summed E-state index contributed by atoms with van der Waals surface area (Å²) in [6.45, 7) is 3.81. The molecular formula is C16H21N3O3. The highest BCUT2D eigenvalue weighted by atomic mass is 16.5. The van der Waals surface area contributed by atoms with Crippen molar-refractivity contribution in [3.8, 4) is 11.4 Å². The van der Waals surface area contributed by atoms with Gasteiger partial charge in [-0.3, -0.25) is 4.79 Å². The van der Waals surface area contributed by atoms with E-state index in [1.807, 2.05) is 31.2 Å². The minimum atomic E-state index is -0.571. The zero-order valence-electron chi connectivity index (χ0n) is 13.3. The number of rotatable bonds is 5. The number of amides is 1. The summed E-state index contributed by atoms with van der Waals surface area (Å²) in [5.74, 6) is 0.554. The Morgan fingerprint density at radius 1 is 1.41 bits per heavy atom. The van der Waals surface area contributed by atoms with Crippen LogP contribution in [-0.4, -0.2) is 52.5 Å². The molecule has 0 saturated heterocycles. The van der Waals surface area contributed by atoms with Gasteiger partial charge in [0.2, 0.25) is 0 Å². The number of aliphatic hydroxyl groups excluding tert-OH is 1. The molecule has 0 bridgehead atoms. The number of benzene rings is 1. The lowest BCUT2D eigenvalue weighted by Gasteiger charge is -2.17. The van der Waals surface area contributed by atoms with Crippen LogP contribution in [0.15, 0.2) is 30.3 Å². The molecule has 1 aromatic heterocycles. The topological polar surface area (TPSA) is 67.6 Å². The number of hydrogen-bond acceptors (Lipinski definition) is 4. The van der Waals surface area contributed by atoms with E-state index in [-0.39, 0.29) is 12.5 Å². The van der Waals surface area contributed by atoms with Crippen LogP contribution in [0.4, 0.5) is 0 Å². The number of aromatic nitrogens is 2. The Morgan fingerprint density at radius 3 is 2.59 bits per heavy atom. The van der Waals surface area contributed by atoms with E-state index in [4.69, 9.17) is 4.74 Å². The fourth-order valence-corrected chi connectivity index (χ4v) is 2.24. The van der Waals surface area contributed by atoms with E-state index >= 15 is 0 Å². The van der Waals surface area contributed by atoms with Gasteiger partial charge < -0.3 is 14.7 Å². The average molecular weight is 303 g/mol. The first kappa shape index (κ1) is 16.0. The number of ether oxygens (including phenoxy) is 1. The van der Waals surface area contributed by atoms with Gasteiger partial charge in [0.05, 0.1) is 18.9 Å². The lowest BCUT2D eigenvalue weighted by Crippen LogP contribution is -2.33. The fraction of sp³-hybridized carbons (Fsp3) is 0.375. The van der Waals surface area contributed by atoms with Gasteiger partial charge in [-0.25, -0.2) is 4.68 Å². The average Bonchev–Trinajstić information content (AvgIpc) is 2.87. The van der Waals surface area contributed by atoms with E-state index < -0.39 is 6.10 Å². The van der Waals surface area contributed by atoms with Crippen LogP contribution in [0.5, 0.6) is 5.75 Å². The molecule has 1 unspecified atom stereocenters. The van der Waals surface area contributed by atoms with E-state index in [1.54, 1.807) is 31.8 Å². The number of likely N-dealkylation sites (N-methyl/N-ethyl adjacent to an activating group) is 1. The van der Waals surface area contributed by atoms with E-state index in [0.717, 1.165) is 17.1 Å². The van der Waals surface area contributed by atoms with Crippen LogP contribution in [0, 0.1) is 6.92 Å². The summed E-state index contributed by atoms with van der Waals surface area (Å²) in [6, 6.07) is 9.19. The maximum absolute atomic E-state index is 12.3. The molecule has 0 aliphatic carbocycles. The second-order valence-electron chi connectivity index (χ2n) is 5.32. The summed E-state index contributed by atoms with van der Waals surface area (Å²) >= 11 is 0. The van der Waals surface area contributed by atoms with Gasteiger partial charge in [-0.05, 0) is 44.2 Å². The minimum Gasteiger partial charge on any atom is -0.497 e. The van der Waals surface area contributed by atoms with Gasteiger partial charge in [-0.2, -0.15) is 5.10 Å². The van der Waals surface area contributed by atoms with Crippen LogP contribution in [0.1, 0.15) is 23.1 Å². The SMILES string of the molecule is COc1ccc(-n2nc(C(=O)N(C)CC(C)O)cc2C)cc1. The van der Waals surface area contributed by atoms with Gasteiger partial charge in [0.1, 0.15) is 5.75 Å². The van der Waals surface area contributed by atoms with E-state index in [9.17, 15) is 9.90 Å². The van der Waals surface area contributed by atoms with Gasteiger partial charge in [0.15, 0.2) is 5.69 Å². The van der Waals surface area contributed by atoms with Crippen molar-refractivity contribution in [2.24, 2.45) is 0 Å². The van der Waals surface area contributed by atoms with Gasteiger partial charge in [-0.1, -0.05) is 0 Å². The third kappa shape index (κ3) is 3.46. The molecule has 6 heteroatoms. The number of hydrogen-bond donors (Lipinski definition) is 1. The van der Waals surface area contributed by atoms with Crippen LogP contribution in [-0.2, 0) is 0 Å². The first-order chi connectivity index (χ1) is 10.4. The van der Waals surface area contributed by atoms with Gasteiger partial charge in [0.25, 0.3) is 5.91 Å². The Bertz CT molecular complexity index is 647. The Balaban J connectivity index is 2.25. The number of nitrogens with zero attached hydrogens (tertiary/aromatic N) is 3. The van der Waals surface area contributed by atoms with Gasteiger partial charge >= 0.3 is 0 Å². The molecule has 22 heavy (non-hydrogen) atoms. The number of carbonyl (C=O) groups excluding carboxylic acids is 1. The molecule has 0 aliphatic rings. The number of methoxy groups -OCH3 is 1. The molecule has 2 rings (SSSR count). The zero-order chi connectivity index (χ0) is 16.3. The second-order valence-corrected chi connectivity index (χ2v) is 5.32. The molecule has 2 aromatic rings. The molecule has 0 aliphatic heterocycles. The lowest BCUT2D eigenvalue weighted by molar-refractivity contribution is 0.0697. The van der Waals surface area contributed by atoms with Crippen LogP contribution in [0.2, 0.25) is 0 Å². The molecule has 1 heterocycles. The minimum absolute atomic E-state index is 0.212. The highest BCUT2D eigenvalue weighted by Crippen LogP contribution is 2.17. The van der Waals surface area contributed by atoms with Crippen molar-refractivity contribution >= 4 is 5.91 Å². The predicted octanol–water partition coefficient (Wildman–Crippen LogP) is 1.64. The maximum atomic E-state index is 12.3. The van der Waals surface area contributed by atoms with Crippen LogP contribution in [0.3, 0.4) is 0 Å². The van der Waals surface area contributed by atoms with Crippen LogP contribution >= 0.6 is 0 Å². The summed E-state index contributed by atoms with van der Waals surface area (Å²) in [7, 11) is 3.26. The van der Waals surface area contributed by atoms with Crippen molar-refractivity contribution < 1.29 is 14.6 Å². The van der Waals surface area contributed by atoms with Crippen molar-refractivity contribution in [2.75, 3.05) is 20.7 Å². The van der Waals surface area contributed by atoms with Gasteiger partial charge in [-0.15, -0.1) is 0 Å². The smallest absolute Gasteiger partial charge is 0.274 e. The Hall–Kier alpha value is -2.34. The van der Waals surface area contributed by atoms with Crippen LogP contribution in [0.25, 0.3) is 5.69 Å². The van der Waals surface area contributed by atoms with Crippen molar-refractivity contribution in [3.05, 3.63) is 41.7 Å². The molecular weight excluding hydrogens is 282 g/mol. The normalized spacial score (nSPS) is 12.0. The molecule has 0 saturated carbocycles. The number of aliphatic hydroxyl groups is 1. The third-order valence-electron chi connectivity index (χ3n) is 3.31. The summed E-state index contributed by atoms with van der Waals surface area (Å²) < 4.78 is 6.84. The van der Waals surface area contributed by atoms with Crippen molar-refractivity contribution in [1.82, 2.24) is 14.7 Å². The molecule has 1 atom stereocenters. The molecule has 6 nitrogen and oxygen atoms in total. The lowest BCUT2D eigenvalue weighted by atomic mass is 10.3. The van der Waals surface area contributed by atoms with E-state index in [1.165, 1.54) is 4.90 Å². The van der Waals surface area contributed by atoms with E-state index in [2.05, 4.69) is 5.10 Å². The third-order valence-corrected chi connectivity index (χ3v) is 3.31. The van der Waals surface area contributed by atoms with Gasteiger partial charge in [0, 0.05) is 19.3 Å². The Morgan fingerprint density at radius 2 is 2.05 bits per heavy atom. The van der Waals surface area contributed by atoms with Crippen LogP contribution < -0.4 is 4.74 Å². The number of aryl methyl sites for hydroxylation is 1. The standard InChI is InChI=1S/C16H21N3O3/c1-11-9-15(16(21)18(3)10-12(2)20)17-19(11)13-5-7-14(22-4)8-6-13/h5-9,12,20H,10H2,1-4H3. The highest BCUT2D eigenvalue weighted by molar-refractivity contribution is 5.92. The van der Waals surface area contributed by atoms with Crippen molar-refractivity contribution in [3.63, 3.8) is 0 Å².